The van der Waals surface area contributed by atoms with Crippen LogP contribution in [0.1, 0.15) is 22.3 Å². The summed E-state index contributed by atoms with van der Waals surface area (Å²) in [6.07, 6.45) is 8.32. The largest absolute Gasteiger partial charge is 0.150 e. The third-order valence-electron chi connectivity index (χ3n) is 4.65. The van der Waals surface area contributed by atoms with Crippen LogP contribution in [0.4, 0.5) is 11.4 Å². The van der Waals surface area contributed by atoms with Gasteiger partial charge >= 0.3 is 0 Å². The molecular weight excluding hydrogens is 364 g/mol. The lowest BCUT2D eigenvalue weighted by Gasteiger charge is -2.02. The van der Waals surface area contributed by atoms with Crippen molar-refractivity contribution in [2.45, 2.75) is 0 Å². The Morgan fingerprint density at radius 3 is 1.17 bits per heavy atom. The molecule has 0 amide bonds. The van der Waals surface area contributed by atoms with Crippen LogP contribution in [0, 0.1) is 0 Å². The topological polar surface area (TPSA) is 24.7 Å². The van der Waals surface area contributed by atoms with Crippen molar-refractivity contribution in [3.8, 4) is 0 Å². The van der Waals surface area contributed by atoms with Gasteiger partial charge in [-0.05, 0) is 23.3 Å². The molecule has 0 heterocycles. The molecule has 0 saturated heterocycles. The molecule has 0 aliphatic rings. The molecular formula is C28H22N2. The van der Waals surface area contributed by atoms with Gasteiger partial charge in [0.2, 0.25) is 0 Å². The molecule has 0 aliphatic carbocycles. The fourth-order valence-electron chi connectivity index (χ4n) is 3.05. The maximum Gasteiger partial charge on any atom is 0.0929 e. The minimum Gasteiger partial charge on any atom is -0.150 e. The number of azo groups is 1. The third kappa shape index (κ3) is 5.27. The summed E-state index contributed by atoms with van der Waals surface area (Å²) in [5.74, 6) is 0. The highest BCUT2D eigenvalue weighted by Gasteiger charge is 2.00. The fraction of sp³-hybridized carbons (Fsp3) is 0. The van der Waals surface area contributed by atoms with Gasteiger partial charge in [0.15, 0.2) is 0 Å². The van der Waals surface area contributed by atoms with Crippen LogP contribution in [0.25, 0.3) is 24.3 Å². The zero-order valence-corrected chi connectivity index (χ0v) is 16.6. The second-order valence-electron chi connectivity index (χ2n) is 6.81. The maximum atomic E-state index is 4.54. The van der Waals surface area contributed by atoms with Gasteiger partial charge < -0.3 is 0 Å². The van der Waals surface area contributed by atoms with E-state index >= 15 is 0 Å². The summed E-state index contributed by atoms with van der Waals surface area (Å²) in [4.78, 5) is 0. The molecule has 4 aromatic carbocycles. The molecule has 144 valence electrons. The van der Waals surface area contributed by atoms with Gasteiger partial charge in [-0.2, -0.15) is 0 Å². The van der Waals surface area contributed by atoms with Crippen LogP contribution >= 0.6 is 0 Å². The van der Waals surface area contributed by atoms with E-state index in [4.69, 9.17) is 0 Å². The van der Waals surface area contributed by atoms with Crippen molar-refractivity contribution in [2.75, 3.05) is 0 Å². The first-order valence-corrected chi connectivity index (χ1v) is 9.94. The first kappa shape index (κ1) is 19.3. The van der Waals surface area contributed by atoms with Crippen LogP contribution < -0.4 is 0 Å². The number of hydrogen-bond acceptors (Lipinski definition) is 2. The Bertz CT molecular complexity index is 1080. The smallest absolute Gasteiger partial charge is 0.0929 e. The van der Waals surface area contributed by atoms with Crippen LogP contribution in [0.3, 0.4) is 0 Å². The number of nitrogens with zero attached hydrogens (tertiary/aromatic N) is 2. The van der Waals surface area contributed by atoms with E-state index in [1.54, 1.807) is 0 Å². The normalized spacial score (nSPS) is 11.6. The lowest BCUT2D eigenvalue weighted by atomic mass is 10.1. The van der Waals surface area contributed by atoms with Crippen molar-refractivity contribution in [3.63, 3.8) is 0 Å². The van der Waals surface area contributed by atoms with Crippen molar-refractivity contribution < 1.29 is 0 Å². The standard InChI is InChI=1S/C28H22N2/c1-3-11-23(12-4-1)19-21-25-15-7-9-17-27(25)29-30-28-18-10-8-16-26(28)22-20-24-13-5-2-6-14-24/h1-22H. The molecule has 2 heteroatoms. The highest BCUT2D eigenvalue weighted by Crippen LogP contribution is 2.27. The van der Waals surface area contributed by atoms with Gasteiger partial charge in [0.1, 0.15) is 0 Å². The van der Waals surface area contributed by atoms with Gasteiger partial charge in [-0.25, -0.2) is 0 Å². The molecule has 4 rings (SSSR count). The molecule has 2 nitrogen and oxygen atoms in total. The van der Waals surface area contributed by atoms with Crippen molar-refractivity contribution in [3.05, 3.63) is 131 Å². The third-order valence-corrected chi connectivity index (χ3v) is 4.65. The molecule has 0 saturated carbocycles. The monoisotopic (exact) mass is 386 g/mol. The summed E-state index contributed by atoms with van der Waals surface area (Å²) >= 11 is 0. The lowest BCUT2D eigenvalue weighted by Crippen LogP contribution is -1.76. The Morgan fingerprint density at radius 2 is 0.733 bits per heavy atom. The number of rotatable bonds is 6. The van der Waals surface area contributed by atoms with Crippen LogP contribution in [-0.4, -0.2) is 0 Å². The van der Waals surface area contributed by atoms with E-state index in [0.29, 0.717) is 0 Å². The molecule has 0 unspecified atom stereocenters. The summed E-state index contributed by atoms with van der Waals surface area (Å²) in [5, 5.41) is 9.09. The van der Waals surface area contributed by atoms with Crippen LogP contribution in [-0.2, 0) is 0 Å². The van der Waals surface area contributed by atoms with E-state index in [-0.39, 0.29) is 0 Å². The molecule has 0 aliphatic heterocycles. The second-order valence-corrected chi connectivity index (χ2v) is 6.81. The first-order chi connectivity index (χ1) is 14.9. The van der Waals surface area contributed by atoms with E-state index in [1.165, 1.54) is 0 Å². The van der Waals surface area contributed by atoms with E-state index in [9.17, 15) is 0 Å². The summed E-state index contributed by atoms with van der Waals surface area (Å²) in [6.45, 7) is 0. The average Bonchev–Trinajstić information content (AvgIpc) is 2.82. The fourth-order valence-corrected chi connectivity index (χ4v) is 3.05. The van der Waals surface area contributed by atoms with Crippen LogP contribution in [0.15, 0.2) is 119 Å². The average molecular weight is 386 g/mol. The predicted molar refractivity (Wildman–Crippen MR) is 128 cm³/mol. The number of hydrogen-bond donors (Lipinski definition) is 0. The van der Waals surface area contributed by atoms with Gasteiger partial charge in [-0.3, -0.25) is 0 Å². The van der Waals surface area contributed by atoms with Gasteiger partial charge in [-0.15, -0.1) is 10.2 Å². The highest BCUT2D eigenvalue weighted by molar-refractivity contribution is 5.76. The van der Waals surface area contributed by atoms with Crippen LogP contribution in [0.2, 0.25) is 0 Å². The Balaban J connectivity index is 1.58. The SMILES string of the molecule is C(=Cc1ccccc1N=Nc1ccccc1C=Cc1ccccc1)c1ccccc1. The summed E-state index contributed by atoms with van der Waals surface area (Å²) in [6, 6.07) is 36.5. The molecule has 0 radical (unpaired) electrons. The van der Waals surface area contributed by atoms with E-state index in [2.05, 4.69) is 70.9 Å². The molecule has 4 aromatic rings. The Labute approximate surface area is 177 Å². The molecule has 0 fully saturated rings. The number of benzene rings is 4. The quantitative estimate of drug-likeness (QED) is 0.235. The second kappa shape index (κ2) is 9.94. The van der Waals surface area contributed by atoms with E-state index in [0.717, 1.165) is 33.6 Å². The highest BCUT2D eigenvalue weighted by atomic mass is 15.1. The first-order valence-electron chi connectivity index (χ1n) is 9.94. The van der Waals surface area contributed by atoms with Gasteiger partial charge in [-0.1, -0.05) is 121 Å². The van der Waals surface area contributed by atoms with Crippen molar-refractivity contribution in [1.29, 1.82) is 0 Å². The zero-order chi connectivity index (χ0) is 20.4. The predicted octanol–water partition coefficient (Wildman–Crippen LogP) is 8.44. The molecule has 0 N–H and O–H groups in total. The van der Waals surface area contributed by atoms with Gasteiger partial charge in [0, 0.05) is 11.1 Å². The molecule has 0 bridgehead atoms. The Hall–Kier alpha value is -4.04. The summed E-state index contributed by atoms with van der Waals surface area (Å²) < 4.78 is 0. The summed E-state index contributed by atoms with van der Waals surface area (Å²) in [5.41, 5.74) is 6.05. The van der Waals surface area contributed by atoms with Crippen molar-refractivity contribution >= 4 is 35.7 Å². The Morgan fingerprint density at radius 1 is 0.367 bits per heavy atom. The van der Waals surface area contributed by atoms with E-state index in [1.807, 2.05) is 72.8 Å². The zero-order valence-electron chi connectivity index (χ0n) is 16.6. The Kier molecular flexibility index (Phi) is 6.39. The van der Waals surface area contributed by atoms with Gasteiger partial charge in [0.05, 0.1) is 11.4 Å². The molecule has 0 aromatic heterocycles. The van der Waals surface area contributed by atoms with Gasteiger partial charge in [0.25, 0.3) is 0 Å². The van der Waals surface area contributed by atoms with E-state index < -0.39 is 0 Å². The minimum absolute atomic E-state index is 0.839. The molecule has 0 spiro atoms. The van der Waals surface area contributed by atoms with Crippen molar-refractivity contribution in [1.82, 2.24) is 0 Å². The minimum atomic E-state index is 0.839. The van der Waals surface area contributed by atoms with Crippen molar-refractivity contribution in [2.24, 2.45) is 10.2 Å². The van der Waals surface area contributed by atoms with Crippen LogP contribution in [0.5, 0.6) is 0 Å². The maximum absolute atomic E-state index is 4.54. The molecule has 0 atom stereocenters. The lowest BCUT2D eigenvalue weighted by molar-refractivity contribution is 1.22. The molecule has 30 heavy (non-hydrogen) atoms. The summed E-state index contributed by atoms with van der Waals surface area (Å²) in [7, 11) is 0.